The molecule has 0 spiro atoms. The first kappa shape index (κ1) is 24.5. The molecule has 176 valence electrons. The van der Waals surface area contributed by atoms with Gasteiger partial charge in [0.1, 0.15) is 11.5 Å². The summed E-state index contributed by atoms with van der Waals surface area (Å²) in [5, 5.41) is 7.48. The second kappa shape index (κ2) is 10.7. The van der Waals surface area contributed by atoms with Crippen molar-refractivity contribution in [1.82, 2.24) is 0 Å². The van der Waals surface area contributed by atoms with Gasteiger partial charge in [0.15, 0.2) is 13.6 Å². The Balaban J connectivity index is 2.06. The molecule has 0 heterocycles. The molecule has 4 nitrogen and oxygen atoms in total. The molecular weight excluding hydrogens is 456 g/mol. The summed E-state index contributed by atoms with van der Waals surface area (Å²) in [4.78, 5) is 0. The second-order valence-corrected chi connectivity index (χ2v) is 14.0. The largest absolute Gasteiger partial charge is 0.467 e. The molecule has 0 amide bonds. The van der Waals surface area contributed by atoms with Crippen LogP contribution in [-0.2, 0) is 9.47 Å². The highest BCUT2D eigenvalue weighted by Crippen LogP contribution is 2.45. The van der Waals surface area contributed by atoms with Crippen molar-refractivity contribution in [2.75, 3.05) is 27.8 Å². The monoisotopic (exact) mass is 488 g/mol. The number of hydrogen-bond donors (Lipinski definition) is 0. The average Bonchev–Trinajstić information content (AvgIpc) is 2.84. The van der Waals surface area contributed by atoms with Gasteiger partial charge in [-0.3, -0.25) is 0 Å². The standard InChI is InChI=1S/C28H32O4Si2/c1-29-17-31-25-13-7-19-15-21(33(3)4)9-11-23(19)27(25)28-24-12-10-22(34(5)6)16-20(24)8-14-26(28)32-18-30-2/h7-16H,17-18H2,1-6H3. The third-order valence-electron chi connectivity index (χ3n) is 6.03. The van der Waals surface area contributed by atoms with Gasteiger partial charge in [-0.15, -0.1) is 0 Å². The van der Waals surface area contributed by atoms with E-state index in [9.17, 15) is 0 Å². The lowest BCUT2D eigenvalue weighted by Gasteiger charge is -2.20. The summed E-state index contributed by atoms with van der Waals surface area (Å²) < 4.78 is 22.7. The quantitative estimate of drug-likeness (QED) is 0.229. The van der Waals surface area contributed by atoms with Crippen molar-refractivity contribution in [3.8, 4) is 22.6 Å². The summed E-state index contributed by atoms with van der Waals surface area (Å²) in [5.74, 6) is 1.55. The molecule has 0 aliphatic heterocycles. The number of benzene rings is 4. The first-order chi connectivity index (χ1) is 16.4. The van der Waals surface area contributed by atoms with Crippen molar-refractivity contribution in [2.45, 2.75) is 26.2 Å². The minimum atomic E-state index is -0.560. The normalized spacial score (nSPS) is 11.6. The van der Waals surface area contributed by atoms with Crippen LogP contribution in [0.15, 0.2) is 60.7 Å². The Hall–Kier alpha value is -2.65. The molecule has 0 N–H and O–H groups in total. The van der Waals surface area contributed by atoms with E-state index in [0.29, 0.717) is 0 Å². The van der Waals surface area contributed by atoms with Crippen LogP contribution in [0.3, 0.4) is 0 Å². The molecule has 6 heteroatoms. The fourth-order valence-corrected chi connectivity index (χ4v) is 5.96. The second-order valence-electron chi connectivity index (χ2n) is 8.85. The van der Waals surface area contributed by atoms with Crippen LogP contribution in [-0.4, -0.2) is 45.4 Å². The van der Waals surface area contributed by atoms with Crippen molar-refractivity contribution in [1.29, 1.82) is 0 Å². The van der Waals surface area contributed by atoms with Crippen LogP contribution in [0, 0.1) is 0 Å². The van der Waals surface area contributed by atoms with Gasteiger partial charge in [-0.1, -0.05) is 85.1 Å². The maximum atomic E-state index is 6.10. The number of ether oxygens (including phenoxy) is 4. The molecule has 4 aromatic carbocycles. The van der Waals surface area contributed by atoms with Crippen molar-refractivity contribution in [3.63, 3.8) is 0 Å². The van der Waals surface area contributed by atoms with E-state index in [1.165, 1.54) is 21.1 Å². The number of rotatable bonds is 9. The van der Waals surface area contributed by atoms with Gasteiger partial charge in [0.05, 0.1) is 17.6 Å². The zero-order chi connectivity index (χ0) is 24.2. The minimum Gasteiger partial charge on any atom is -0.467 e. The van der Waals surface area contributed by atoms with E-state index in [4.69, 9.17) is 18.9 Å². The van der Waals surface area contributed by atoms with Crippen LogP contribution in [0.25, 0.3) is 32.7 Å². The highest BCUT2D eigenvalue weighted by atomic mass is 28.3. The topological polar surface area (TPSA) is 36.9 Å². The van der Waals surface area contributed by atoms with Gasteiger partial charge in [0, 0.05) is 25.3 Å². The Morgan fingerprint density at radius 1 is 0.559 bits per heavy atom. The first-order valence-corrected chi connectivity index (χ1v) is 16.4. The van der Waals surface area contributed by atoms with Crippen LogP contribution in [0.5, 0.6) is 11.5 Å². The molecule has 0 aliphatic rings. The molecule has 0 aromatic heterocycles. The zero-order valence-corrected chi connectivity index (χ0v) is 22.8. The van der Waals surface area contributed by atoms with Gasteiger partial charge in [0.25, 0.3) is 0 Å². The van der Waals surface area contributed by atoms with E-state index in [-0.39, 0.29) is 13.6 Å². The number of methoxy groups -OCH3 is 2. The highest BCUT2D eigenvalue weighted by molar-refractivity contribution is 6.71. The summed E-state index contributed by atoms with van der Waals surface area (Å²) in [7, 11) is 2.16. The molecule has 4 aromatic rings. The Labute approximate surface area is 205 Å². The maximum Gasteiger partial charge on any atom is 0.188 e. The van der Waals surface area contributed by atoms with Crippen LogP contribution >= 0.6 is 0 Å². The summed E-state index contributed by atoms with van der Waals surface area (Å²) in [6, 6.07) is 22.0. The van der Waals surface area contributed by atoms with Crippen LogP contribution in [0.2, 0.25) is 26.2 Å². The lowest BCUT2D eigenvalue weighted by Crippen LogP contribution is -2.22. The van der Waals surface area contributed by atoms with Gasteiger partial charge in [-0.05, 0) is 33.7 Å². The Morgan fingerprint density at radius 2 is 0.971 bits per heavy atom. The molecule has 2 radical (unpaired) electrons. The van der Waals surface area contributed by atoms with Crippen LogP contribution < -0.4 is 19.8 Å². The first-order valence-electron chi connectivity index (χ1n) is 11.4. The molecule has 0 fully saturated rings. The molecule has 0 aliphatic carbocycles. The van der Waals surface area contributed by atoms with E-state index in [0.717, 1.165) is 33.4 Å². The van der Waals surface area contributed by atoms with E-state index >= 15 is 0 Å². The van der Waals surface area contributed by atoms with Crippen molar-refractivity contribution in [3.05, 3.63) is 60.7 Å². The molecule has 4 rings (SSSR count). The predicted octanol–water partition coefficient (Wildman–Crippen LogP) is 5.55. The molecule has 0 unspecified atom stereocenters. The fraction of sp³-hybridized carbons (Fsp3) is 0.286. The van der Waals surface area contributed by atoms with Crippen molar-refractivity contribution in [2.24, 2.45) is 0 Å². The lowest BCUT2D eigenvalue weighted by molar-refractivity contribution is 0.0502. The third-order valence-corrected chi connectivity index (χ3v) is 8.96. The highest BCUT2D eigenvalue weighted by Gasteiger charge is 2.20. The maximum absolute atomic E-state index is 6.10. The van der Waals surface area contributed by atoms with E-state index in [2.05, 4.69) is 74.7 Å². The molecule has 0 bridgehead atoms. The Kier molecular flexibility index (Phi) is 7.73. The SMILES string of the molecule is COCOc1ccc2cc([Si](C)C)ccc2c1-c1c(OCOC)ccc2cc([Si](C)C)ccc12. The van der Waals surface area contributed by atoms with Crippen LogP contribution in [0.1, 0.15) is 0 Å². The summed E-state index contributed by atoms with van der Waals surface area (Å²) in [5.41, 5.74) is 2.04. The molecule has 34 heavy (non-hydrogen) atoms. The van der Waals surface area contributed by atoms with Crippen molar-refractivity contribution >= 4 is 49.5 Å². The minimum absolute atomic E-state index is 0.175. The van der Waals surface area contributed by atoms with Gasteiger partial charge < -0.3 is 18.9 Å². The van der Waals surface area contributed by atoms with E-state index in [1.54, 1.807) is 14.2 Å². The van der Waals surface area contributed by atoms with Crippen molar-refractivity contribution < 1.29 is 18.9 Å². The van der Waals surface area contributed by atoms with E-state index in [1.807, 2.05) is 12.1 Å². The summed E-state index contributed by atoms with van der Waals surface area (Å²) in [6.45, 7) is 9.62. The smallest absolute Gasteiger partial charge is 0.188 e. The van der Waals surface area contributed by atoms with Gasteiger partial charge in [-0.25, -0.2) is 0 Å². The fourth-order valence-electron chi connectivity index (χ4n) is 4.24. The number of hydrogen-bond acceptors (Lipinski definition) is 4. The number of fused-ring (bicyclic) bond motifs is 2. The average molecular weight is 489 g/mol. The van der Waals surface area contributed by atoms with Gasteiger partial charge >= 0.3 is 0 Å². The molecule has 0 atom stereocenters. The molecule has 0 saturated heterocycles. The summed E-state index contributed by atoms with van der Waals surface area (Å²) in [6.07, 6.45) is 0. The van der Waals surface area contributed by atoms with Gasteiger partial charge in [0.2, 0.25) is 0 Å². The Morgan fingerprint density at radius 3 is 1.32 bits per heavy atom. The molecule has 0 saturated carbocycles. The van der Waals surface area contributed by atoms with Crippen LogP contribution in [0.4, 0.5) is 0 Å². The third kappa shape index (κ3) is 4.91. The van der Waals surface area contributed by atoms with Gasteiger partial charge in [-0.2, -0.15) is 0 Å². The lowest BCUT2D eigenvalue weighted by atomic mass is 9.92. The predicted molar refractivity (Wildman–Crippen MR) is 146 cm³/mol. The Bertz CT molecular complexity index is 1200. The zero-order valence-electron chi connectivity index (χ0n) is 20.8. The van der Waals surface area contributed by atoms with E-state index < -0.39 is 17.6 Å². The molecular formula is C28H32O4Si2. The summed E-state index contributed by atoms with van der Waals surface area (Å²) >= 11 is 0.